The van der Waals surface area contributed by atoms with Gasteiger partial charge in [0.15, 0.2) is 0 Å². The largest absolute Gasteiger partial charge is 0.297 e. The Balaban J connectivity index is 1.68. The lowest BCUT2D eigenvalue weighted by Gasteiger charge is -2.27. The first-order valence-electron chi connectivity index (χ1n) is 6.31. The third-order valence-corrected chi connectivity index (χ3v) is 4.49. The Morgan fingerprint density at radius 3 is 2.83 bits per heavy atom. The van der Waals surface area contributed by atoms with Crippen molar-refractivity contribution in [3.05, 3.63) is 29.3 Å². The summed E-state index contributed by atoms with van der Waals surface area (Å²) in [5.74, 6) is 0.261. The molecule has 0 atom stereocenters. The Kier molecular flexibility index (Phi) is 3.26. The number of hydrogen-bond donors (Lipinski definition) is 0. The van der Waals surface area contributed by atoms with Crippen LogP contribution in [0.4, 0.5) is 0 Å². The van der Waals surface area contributed by atoms with Gasteiger partial charge < -0.3 is 0 Å². The summed E-state index contributed by atoms with van der Waals surface area (Å²) in [6.07, 6.45) is 2.00. The summed E-state index contributed by atoms with van der Waals surface area (Å²) in [5.41, 5.74) is 1.10. The van der Waals surface area contributed by atoms with Gasteiger partial charge in [0.25, 0.3) is 0 Å². The summed E-state index contributed by atoms with van der Waals surface area (Å²) in [6.45, 7) is 2.97. The van der Waals surface area contributed by atoms with Crippen LogP contribution in [0.15, 0.2) is 24.3 Å². The average molecular weight is 257 g/mol. The van der Waals surface area contributed by atoms with Crippen molar-refractivity contribution < 1.29 is 0 Å². The molecule has 0 spiro atoms. The van der Waals surface area contributed by atoms with Crippen molar-refractivity contribution in [2.75, 3.05) is 13.1 Å². The van der Waals surface area contributed by atoms with Gasteiger partial charge in [-0.2, -0.15) is 5.26 Å². The van der Waals surface area contributed by atoms with Gasteiger partial charge in [-0.25, -0.2) is 4.98 Å². The second kappa shape index (κ2) is 5.05. The number of thiazole rings is 1. The number of fused-ring (bicyclic) bond motifs is 1. The number of aromatic nitrogens is 1. The highest BCUT2D eigenvalue weighted by molar-refractivity contribution is 7.18. The third-order valence-electron chi connectivity index (χ3n) is 3.47. The normalized spacial score (nSPS) is 17.9. The Bertz CT molecular complexity index is 543. The van der Waals surface area contributed by atoms with Crippen LogP contribution < -0.4 is 0 Å². The highest BCUT2D eigenvalue weighted by atomic mass is 32.1. The zero-order chi connectivity index (χ0) is 12.4. The molecule has 18 heavy (non-hydrogen) atoms. The van der Waals surface area contributed by atoms with Crippen molar-refractivity contribution in [3.63, 3.8) is 0 Å². The molecule has 92 valence electrons. The van der Waals surface area contributed by atoms with Crippen LogP contribution in [0.3, 0.4) is 0 Å². The van der Waals surface area contributed by atoms with Crippen LogP contribution in [0.5, 0.6) is 0 Å². The fourth-order valence-electron chi connectivity index (χ4n) is 2.40. The molecule has 0 unspecified atom stereocenters. The summed E-state index contributed by atoms with van der Waals surface area (Å²) in [5, 5.41) is 10.1. The van der Waals surface area contributed by atoms with Crippen molar-refractivity contribution in [3.8, 4) is 6.07 Å². The number of rotatable bonds is 2. The number of benzene rings is 1. The first-order valence-corrected chi connectivity index (χ1v) is 7.13. The van der Waals surface area contributed by atoms with Crippen LogP contribution in [0.1, 0.15) is 17.8 Å². The van der Waals surface area contributed by atoms with E-state index >= 15 is 0 Å². The molecule has 0 aliphatic carbocycles. The van der Waals surface area contributed by atoms with Crippen LogP contribution >= 0.6 is 11.3 Å². The van der Waals surface area contributed by atoms with Crippen LogP contribution in [0.2, 0.25) is 0 Å². The molecule has 2 heterocycles. The van der Waals surface area contributed by atoms with Crippen LogP contribution in [-0.2, 0) is 6.54 Å². The standard InChI is InChI=1S/C14H15N3S/c15-9-11-5-7-17(8-6-11)10-14-16-12-3-1-2-4-13(12)18-14/h1-4,11H,5-8,10H2. The van der Waals surface area contributed by atoms with Gasteiger partial charge in [0.2, 0.25) is 0 Å². The number of likely N-dealkylation sites (tertiary alicyclic amines) is 1. The van der Waals surface area contributed by atoms with Gasteiger partial charge in [-0.15, -0.1) is 11.3 Å². The highest BCUT2D eigenvalue weighted by Crippen LogP contribution is 2.24. The zero-order valence-corrected chi connectivity index (χ0v) is 11.0. The molecule has 2 aromatic rings. The molecule has 3 rings (SSSR count). The Morgan fingerprint density at radius 2 is 2.11 bits per heavy atom. The predicted molar refractivity (Wildman–Crippen MR) is 73.2 cm³/mol. The summed E-state index contributed by atoms with van der Waals surface area (Å²) < 4.78 is 1.26. The Morgan fingerprint density at radius 1 is 1.33 bits per heavy atom. The molecule has 1 aromatic carbocycles. The van der Waals surface area contributed by atoms with E-state index in [2.05, 4.69) is 34.2 Å². The smallest absolute Gasteiger partial charge is 0.108 e. The van der Waals surface area contributed by atoms with E-state index in [-0.39, 0.29) is 5.92 Å². The van der Waals surface area contributed by atoms with E-state index < -0.39 is 0 Å². The predicted octanol–water partition coefficient (Wildman–Crippen LogP) is 3.03. The highest BCUT2D eigenvalue weighted by Gasteiger charge is 2.19. The SMILES string of the molecule is N#CC1CCN(Cc2nc3ccccc3s2)CC1. The molecule has 1 fully saturated rings. The van der Waals surface area contributed by atoms with Crippen molar-refractivity contribution in [1.82, 2.24) is 9.88 Å². The molecule has 1 saturated heterocycles. The van der Waals surface area contributed by atoms with E-state index in [1.165, 1.54) is 9.71 Å². The molecular weight excluding hydrogens is 242 g/mol. The van der Waals surface area contributed by atoms with Crippen molar-refractivity contribution >= 4 is 21.6 Å². The molecule has 4 heteroatoms. The number of para-hydroxylation sites is 1. The minimum Gasteiger partial charge on any atom is -0.297 e. The lowest BCUT2D eigenvalue weighted by atomic mass is 9.99. The van der Waals surface area contributed by atoms with Gasteiger partial charge >= 0.3 is 0 Å². The minimum absolute atomic E-state index is 0.261. The van der Waals surface area contributed by atoms with Gasteiger partial charge in [-0.3, -0.25) is 4.90 Å². The minimum atomic E-state index is 0.261. The zero-order valence-electron chi connectivity index (χ0n) is 10.2. The second-order valence-corrected chi connectivity index (χ2v) is 5.87. The number of nitrogens with zero attached hydrogens (tertiary/aromatic N) is 3. The average Bonchev–Trinajstić information content (AvgIpc) is 2.82. The summed E-state index contributed by atoms with van der Waals surface area (Å²) >= 11 is 1.78. The molecule has 3 nitrogen and oxygen atoms in total. The molecular formula is C14H15N3S. The third kappa shape index (κ3) is 2.38. The van der Waals surface area contributed by atoms with Crippen LogP contribution in [0, 0.1) is 17.2 Å². The molecule has 1 aliphatic heterocycles. The quantitative estimate of drug-likeness (QED) is 0.830. The van der Waals surface area contributed by atoms with E-state index in [9.17, 15) is 0 Å². The van der Waals surface area contributed by atoms with Crippen molar-refractivity contribution in [2.24, 2.45) is 5.92 Å². The van der Waals surface area contributed by atoms with Crippen molar-refractivity contribution in [2.45, 2.75) is 19.4 Å². The molecule has 0 amide bonds. The van der Waals surface area contributed by atoms with E-state index in [1.807, 2.05) is 6.07 Å². The molecule has 0 N–H and O–H groups in total. The number of hydrogen-bond acceptors (Lipinski definition) is 4. The number of nitriles is 1. The van der Waals surface area contributed by atoms with Gasteiger partial charge in [-0.05, 0) is 38.1 Å². The topological polar surface area (TPSA) is 39.9 Å². The Hall–Kier alpha value is -1.44. The molecule has 0 bridgehead atoms. The van der Waals surface area contributed by atoms with E-state index in [4.69, 9.17) is 5.26 Å². The second-order valence-electron chi connectivity index (χ2n) is 4.75. The lowest BCUT2D eigenvalue weighted by molar-refractivity contribution is 0.198. The summed E-state index contributed by atoms with van der Waals surface area (Å²) in [6, 6.07) is 10.7. The summed E-state index contributed by atoms with van der Waals surface area (Å²) in [4.78, 5) is 7.07. The Labute approximate surface area is 111 Å². The van der Waals surface area contributed by atoms with Crippen LogP contribution in [-0.4, -0.2) is 23.0 Å². The van der Waals surface area contributed by atoms with Crippen molar-refractivity contribution in [1.29, 1.82) is 5.26 Å². The summed E-state index contributed by atoms with van der Waals surface area (Å²) in [7, 11) is 0. The van der Waals surface area contributed by atoms with Gasteiger partial charge in [0.05, 0.1) is 22.8 Å². The van der Waals surface area contributed by atoms with E-state index in [0.29, 0.717) is 0 Å². The van der Waals surface area contributed by atoms with Gasteiger partial charge in [0.1, 0.15) is 5.01 Å². The molecule has 1 aliphatic rings. The first-order chi connectivity index (χ1) is 8.85. The van der Waals surface area contributed by atoms with E-state index in [1.54, 1.807) is 11.3 Å². The fourth-order valence-corrected chi connectivity index (χ4v) is 3.41. The molecule has 1 aromatic heterocycles. The maximum Gasteiger partial charge on any atom is 0.108 e. The lowest BCUT2D eigenvalue weighted by Crippen LogP contribution is -2.32. The fraction of sp³-hybridized carbons (Fsp3) is 0.429. The molecule has 0 radical (unpaired) electrons. The number of piperidine rings is 1. The van der Waals surface area contributed by atoms with Gasteiger partial charge in [0, 0.05) is 5.92 Å². The maximum atomic E-state index is 8.88. The van der Waals surface area contributed by atoms with Gasteiger partial charge in [-0.1, -0.05) is 12.1 Å². The van der Waals surface area contributed by atoms with Crippen LogP contribution in [0.25, 0.3) is 10.2 Å². The maximum absolute atomic E-state index is 8.88. The van der Waals surface area contributed by atoms with E-state index in [0.717, 1.165) is 38.0 Å². The molecule has 0 saturated carbocycles. The first kappa shape index (κ1) is 11.6. The monoisotopic (exact) mass is 257 g/mol.